The fourth-order valence-electron chi connectivity index (χ4n) is 2.07. The molecule has 92 valence electrons. The number of carbonyl (C=O) groups is 1. The number of benzene rings is 1. The van der Waals surface area contributed by atoms with Crippen molar-refractivity contribution < 1.29 is 9.90 Å². The lowest BCUT2D eigenvalue weighted by Crippen LogP contribution is -2.19. The van der Waals surface area contributed by atoms with Gasteiger partial charge in [-0.05, 0) is 31.4 Å². The fourth-order valence-corrected chi connectivity index (χ4v) is 2.07. The molecule has 0 amide bonds. The van der Waals surface area contributed by atoms with Gasteiger partial charge in [-0.25, -0.2) is 4.79 Å². The van der Waals surface area contributed by atoms with Crippen molar-refractivity contribution in [2.24, 2.45) is 5.92 Å². The van der Waals surface area contributed by atoms with Crippen LogP contribution in [-0.4, -0.2) is 17.1 Å². The number of anilines is 2. The van der Waals surface area contributed by atoms with E-state index < -0.39 is 5.97 Å². The molecule has 4 N–H and O–H groups in total. The number of hydrogen-bond donors (Lipinski definition) is 3. The van der Waals surface area contributed by atoms with Crippen LogP contribution in [0.15, 0.2) is 18.2 Å². The summed E-state index contributed by atoms with van der Waals surface area (Å²) < 4.78 is 0. The smallest absolute Gasteiger partial charge is 0.337 e. The average Bonchev–Trinajstić information content (AvgIpc) is 3.04. The Kier molecular flexibility index (Phi) is 3.22. The van der Waals surface area contributed by atoms with E-state index in [2.05, 4.69) is 12.2 Å². The lowest BCUT2D eigenvalue weighted by Gasteiger charge is -2.18. The summed E-state index contributed by atoms with van der Waals surface area (Å²) in [4.78, 5) is 11.1. The van der Waals surface area contributed by atoms with Crippen molar-refractivity contribution in [2.75, 3.05) is 11.1 Å². The molecule has 0 bridgehead atoms. The molecule has 2 rings (SSSR count). The molecule has 0 heterocycles. The molecule has 4 nitrogen and oxygen atoms in total. The van der Waals surface area contributed by atoms with Gasteiger partial charge in [-0.3, -0.25) is 0 Å². The van der Waals surface area contributed by atoms with Crippen molar-refractivity contribution >= 4 is 17.3 Å². The quantitative estimate of drug-likeness (QED) is 0.684. The van der Waals surface area contributed by atoms with Crippen LogP contribution in [0.2, 0.25) is 0 Å². The maximum absolute atomic E-state index is 11.1. The molecule has 0 aromatic heterocycles. The third-order valence-corrected chi connectivity index (χ3v) is 3.10. The highest BCUT2D eigenvalue weighted by molar-refractivity contribution is 5.97. The molecule has 1 saturated carbocycles. The Hall–Kier alpha value is -1.71. The number of hydrogen-bond acceptors (Lipinski definition) is 3. The summed E-state index contributed by atoms with van der Waals surface area (Å²) in [6.07, 6.45) is 3.66. The number of rotatable bonds is 5. The molecular formula is C13H18N2O2. The van der Waals surface area contributed by atoms with Crippen LogP contribution in [-0.2, 0) is 0 Å². The Morgan fingerprint density at radius 1 is 1.59 bits per heavy atom. The first kappa shape index (κ1) is 11.8. The number of nitrogens with two attached hydrogens (primary N) is 1. The predicted molar refractivity (Wildman–Crippen MR) is 68.2 cm³/mol. The Labute approximate surface area is 101 Å². The first-order chi connectivity index (χ1) is 8.08. The van der Waals surface area contributed by atoms with Crippen molar-refractivity contribution in [3.63, 3.8) is 0 Å². The zero-order chi connectivity index (χ0) is 12.4. The molecule has 17 heavy (non-hydrogen) atoms. The van der Waals surface area contributed by atoms with Crippen molar-refractivity contribution in [1.29, 1.82) is 0 Å². The number of nitrogens with one attached hydrogen (secondary N) is 1. The van der Waals surface area contributed by atoms with E-state index in [-0.39, 0.29) is 11.6 Å². The Bertz CT molecular complexity index is 427. The molecule has 1 atom stereocenters. The van der Waals surface area contributed by atoms with Crippen molar-refractivity contribution in [3.8, 4) is 0 Å². The van der Waals surface area contributed by atoms with Crippen LogP contribution in [0.25, 0.3) is 0 Å². The highest BCUT2D eigenvalue weighted by Crippen LogP contribution is 2.35. The molecule has 0 spiro atoms. The van der Waals surface area contributed by atoms with E-state index in [1.54, 1.807) is 18.2 Å². The van der Waals surface area contributed by atoms with Gasteiger partial charge < -0.3 is 16.2 Å². The molecule has 0 saturated heterocycles. The van der Waals surface area contributed by atoms with Crippen LogP contribution in [0, 0.1) is 5.92 Å². The van der Waals surface area contributed by atoms with Crippen LogP contribution >= 0.6 is 0 Å². The third-order valence-electron chi connectivity index (χ3n) is 3.10. The first-order valence-corrected chi connectivity index (χ1v) is 5.96. The third kappa shape index (κ3) is 2.90. The Morgan fingerprint density at radius 2 is 2.29 bits per heavy atom. The minimum atomic E-state index is -0.946. The van der Waals surface area contributed by atoms with E-state index in [1.165, 1.54) is 12.8 Å². The molecule has 4 heteroatoms. The summed E-state index contributed by atoms with van der Waals surface area (Å²) in [5, 5.41) is 12.3. The van der Waals surface area contributed by atoms with E-state index in [9.17, 15) is 4.79 Å². The van der Waals surface area contributed by atoms with Gasteiger partial charge >= 0.3 is 5.97 Å². The summed E-state index contributed by atoms with van der Waals surface area (Å²) in [5.41, 5.74) is 7.11. The van der Waals surface area contributed by atoms with Gasteiger partial charge in [0.25, 0.3) is 0 Å². The largest absolute Gasteiger partial charge is 0.478 e. The Balaban J connectivity index is 2.14. The maximum atomic E-state index is 11.1. The van der Waals surface area contributed by atoms with Crippen molar-refractivity contribution in [3.05, 3.63) is 23.8 Å². The number of para-hydroxylation sites is 1. The van der Waals surface area contributed by atoms with E-state index in [1.807, 2.05) is 0 Å². The molecule has 1 aliphatic carbocycles. The normalized spacial score (nSPS) is 16.5. The van der Waals surface area contributed by atoms with Crippen molar-refractivity contribution in [1.82, 2.24) is 0 Å². The van der Waals surface area contributed by atoms with Gasteiger partial charge in [-0.15, -0.1) is 0 Å². The van der Waals surface area contributed by atoms with Crippen molar-refractivity contribution in [2.45, 2.75) is 32.2 Å². The first-order valence-electron chi connectivity index (χ1n) is 5.96. The molecule has 1 fully saturated rings. The molecule has 1 aromatic carbocycles. The standard InChI is InChI=1S/C13H18N2O2/c1-8(7-9-5-6-9)15-12-10(13(16)17)3-2-4-11(12)14/h2-4,8-9,15H,5-7,14H2,1H3,(H,16,17). The summed E-state index contributed by atoms with van der Waals surface area (Å²) in [6, 6.07) is 5.21. The van der Waals surface area contributed by atoms with Gasteiger partial charge in [-0.2, -0.15) is 0 Å². The molecule has 0 radical (unpaired) electrons. The zero-order valence-electron chi connectivity index (χ0n) is 9.94. The van der Waals surface area contributed by atoms with E-state index in [4.69, 9.17) is 10.8 Å². The molecule has 1 unspecified atom stereocenters. The van der Waals surface area contributed by atoms with Gasteiger partial charge in [0.1, 0.15) is 0 Å². The van der Waals surface area contributed by atoms with Crippen LogP contribution in [0.1, 0.15) is 36.5 Å². The lowest BCUT2D eigenvalue weighted by atomic mass is 10.1. The number of nitrogen functional groups attached to an aromatic ring is 1. The van der Waals surface area contributed by atoms with E-state index in [0.717, 1.165) is 12.3 Å². The lowest BCUT2D eigenvalue weighted by molar-refractivity contribution is 0.0698. The van der Waals surface area contributed by atoms with Gasteiger partial charge in [0.2, 0.25) is 0 Å². The summed E-state index contributed by atoms with van der Waals surface area (Å²) >= 11 is 0. The monoisotopic (exact) mass is 234 g/mol. The topological polar surface area (TPSA) is 75.3 Å². The van der Waals surface area contributed by atoms with E-state index in [0.29, 0.717) is 11.4 Å². The van der Waals surface area contributed by atoms with E-state index >= 15 is 0 Å². The fraction of sp³-hybridized carbons (Fsp3) is 0.462. The Morgan fingerprint density at radius 3 is 2.88 bits per heavy atom. The SMILES string of the molecule is CC(CC1CC1)Nc1c(N)cccc1C(=O)O. The van der Waals surface area contributed by atoms with Gasteiger partial charge in [0.15, 0.2) is 0 Å². The molecule has 1 aromatic rings. The summed E-state index contributed by atoms with van der Waals surface area (Å²) in [7, 11) is 0. The minimum absolute atomic E-state index is 0.243. The molecule has 0 aliphatic heterocycles. The second-order valence-electron chi connectivity index (χ2n) is 4.80. The highest BCUT2D eigenvalue weighted by Gasteiger charge is 2.24. The second kappa shape index (κ2) is 4.65. The highest BCUT2D eigenvalue weighted by atomic mass is 16.4. The molecule has 1 aliphatic rings. The van der Waals surface area contributed by atoms with Gasteiger partial charge in [0.05, 0.1) is 16.9 Å². The zero-order valence-corrected chi connectivity index (χ0v) is 9.94. The van der Waals surface area contributed by atoms with Crippen LogP contribution < -0.4 is 11.1 Å². The maximum Gasteiger partial charge on any atom is 0.337 e. The van der Waals surface area contributed by atoms with Crippen LogP contribution in [0.5, 0.6) is 0 Å². The number of carboxylic acid groups (broad SMARTS) is 1. The number of carboxylic acids is 1. The molecular weight excluding hydrogens is 216 g/mol. The summed E-state index contributed by atoms with van der Waals surface area (Å²) in [6.45, 7) is 2.07. The van der Waals surface area contributed by atoms with Gasteiger partial charge in [-0.1, -0.05) is 18.9 Å². The van der Waals surface area contributed by atoms with Gasteiger partial charge in [0, 0.05) is 6.04 Å². The predicted octanol–water partition coefficient (Wildman–Crippen LogP) is 2.57. The number of aromatic carboxylic acids is 1. The van der Waals surface area contributed by atoms with Crippen LogP contribution in [0.3, 0.4) is 0 Å². The average molecular weight is 234 g/mol. The summed E-state index contributed by atoms with van der Waals surface area (Å²) in [5.74, 6) is -0.144. The second-order valence-corrected chi connectivity index (χ2v) is 4.80. The van der Waals surface area contributed by atoms with Crippen LogP contribution in [0.4, 0.5) is 11.4 Å². The minimum Gasteiger partial charge on any atom is -0.478 e.